The van der Waals surface area contributed by atoms with Crippen molar-refractivity contribution in [3.8, 4) is 0 Å². The first-order chi connectivity index (χ1) is 15.3. The van der Waals surface area contributed by atoms with E-state index < -0.39 is 17.6 Å². The summed E-state index contributed by atoms with van der Waals surface area (Å²) in [5.41, 5.74) is 0.539. The number of aliphatic hydroxyl groups is 1. The van der Waals surface area contributed by atoms with Crippen LogP contribution >= 0.6 is 11.6 Å². The second-order valence-corrected chi connectivity index (χ2v) is 7.72. The van der Waals surface area contributed by atoms with Gasteiger partial charge in [0.1, 0.15) is 11.6 Å². The summed E-state index contributed by atoms with van der Waals surface area (Å²) in [4.78, 5) is 30.0. The first-order valence-electron chi connectivity index (χ1n) is 10.1. The second-order valence-electron chi connectivity index (χ2n) is 7.32. The van der Waals surface area contributed by atoms with Gasteiger partial charge in [-0.1, -0.05) is 17.7 Å². The Hall–Kier alpha value is -2.75. The largest absolute Gasteiger partial charge is 0.465 e. The fraction of sp³-hybridized carbons (Fsp3) is 0.364. The minimum absolute atomic E-state index is 0.0367. The summed E-state index contributed by atoms with van der Waals surface area (Å²) in [7, 11) is 1.20. The molecule has 1 N–H and O–H groups in total. The smallest absolute Gasteiger partial charge is 0.337 e. The lowest BCUT2D eigenvalue weighted by molar-refractivity contribution is 0.0600. The summed E-state index contributed by atoms with van der Waals surface area (Å²) in [5.74, 6) is -1.98. The normalized spacial score (nSPS) is 14.3. The Kier molecular flexibility index (Phi) is 8.00. The quantitative estimate of drug-likeness (QED) is 0.661. The SMILES string of the molecule is COC(=O)c1ccc(CN(C(=O)N2CCN(CCO)CC2)c2ccc(F)c(Cl)c2)c(F)c1. The van der Waals surface area contributed by atoms with Crippen molar-refractivity contribution in [1.29, 1.82) is 0 Å². The molecule has 0 unspecified atom stereocenters. The number of halogens is 3. The van der Waals surface area contributed by atoms with Crippen LogP contribution in [0.5, 0.6) is 0 Å². The molecule has 0 saturated carbocycles. The molecule has 0 aliphatic carbocycles. The Bertz CT molecular complexity index is 984. The van der Waals surface area contributed by atoms with E-state index in [1.807, 2.05) is 4.90 Å². The third-order valence-electron chi connectivity index (χ3n) is 5.31. The molecule has 1 aliphatic rings. The van der Waals surface area contributed by atoms with Crippen LogP contribution in [0.2, 0.25) is 5.02 Å². The van der Waals surface area contributed by atoms with Gasteiger partial charge in [-0.3, -0.25) is 9.80 Å². The number of β-amino-alcohol motifs (C(OH)–C–C–N with tert-alkyl or cyclic N) is 1. The summed E-state index contributed by atoms with van der Waals surface area (Å²) in [6, 6.07) is 7.36. The monoisotopic (exact) mass is 467 g/mol. The van der Waals surface area contributed by atoms with Gasteiger partial charge in [-0.15, -0.1) is 0 Å². The van der Waals surface area contributed by atoms with Gasteiger partial charge in [0.25, 0.3) is 0 Å². The Labute approximate surface area is 189 Å². The predicted octanol–water partition coefficient (Wildman–Crippen LogP) is 3.14. The number of carbonyl (C=O) groups excluding carboxylic acids is 2. The minimum atomic E-state index is -0.674. The van der Waals surface area contributed by atoms with Gasteiger partial charge < -0.3 is 14.7 Å². The lowest BCUT2D eigenvalue weighted by Gasteiger charge is -2.37. The van der Waals surface area contributed by atoms with Crippen molar-refractivity contribution in [1.82, 2.24) is 9.80 Å². The molecule has 2 aromatic carbocycles. The molecule has 1 heterocycles. The number of nitrogens with zero attached hydrogens (tertiary/aromatic N) is 3. The molecule has 1 fully saturated rings. The van der Waals surface area contributed by atoms with Gasteiger partial charge >= 0.3 is 12.0 Å². The molecule has 1 saturated heterocycles. The lowest BCUT2D eigenvalue weighted by Crippen LogP contribution is -2.53. The van der Waals surface area contributed by atoms with Crippen molar-refractivity contribution in [2.75, 3.05) is 51.3 Å². The highest BCUT2D eigenvalue weighted by Gasteiger charge is 2.27. The number of methoxy groups -OCH3 is 1. The predicted molar refractivity (Wildman–Crippen MR) is 116 cm³/mol. The highest BCUT2D eigenvalue weighted by atomic mass is 35.5. The molecule has 0 radical (unpaired) electrons. The zero-order chi connectivity index (χ0) is 23.3. The van der Waals surface area contributed by atoms with Crippen molar-refractivity contribution < 1.29 is 28.2 Å². The van der Waals surface area contributed by atoms with Gasteiger partial charge in [0.05, 0.1) is 30.8 Å². The number of hydrogen-bond donors (Lipinski definition) is 1. The topological polar surface area (TPSA) is 73.3 Å². The molecule has 1 aliphatic heterocycles. The van der Waals surface area contributed by atoms with Crippen LogP contribution in [-0.2, 0) is 11.3 Å². The molecule has 0 atom stereocenters. The second kappa shape index (κ2) is 10.7. The van der Waals surface area contributed by atoms with Crippen molar-refractivity contribution in [3.63, 3.8) is 0 Å². The van der Waals surface area contributed by atoms with Crippen LogP contribution in [-0.4, -0.2) is 73.3 Å². The van der Waals surface area contributed by atoms with Crippen molar-refractivity contribution in [3.05, 3.63) is 64.2 Å². The van der Waals surface area contributed by atoms with E-state index in [4.69, 9.17) is 16.7 Å². The van der Waals surface area contributed by atoms with Crippen LogP contribution in [0, 0.1) is 11.6 Å². The van der Waals surface area contributed by atoms with Crippen LogP contribution in [0.4, 0.5) is 19.3 Å². The van der Waals surface area contributed by atoms with E-state index >= 15 is 0 Å². The number of esters is 1. The highest BCUT2D eigenvalue weighted by Crippen LogP contribution is 2.26. The van der Waals surface area contributed by atoms with Gasteiger partial charge in [0.2, 0.25) is 0 Å². The number of aliphatic hydroxyl groups excluding tert-OH is 1. The first kappa shape index (κ1) is 23.9. The summed E-state index contributed by atoms with van der Waals surface area (Å²) >= 11 is 5.93. The number of ether oxygens (including phenoxy) is 1. The van der Waals surface area contributed by atoms with E-state index in [0.29, 0.717) is 38.4 Å². The molecule has 32 heavy (non-hydrogen) atoms. The fourth-order valence-electron chi connectivity index (χ4n) is 3.49. The van der Waals surface area contributed by atoms with Crippen molar-refractivity contribution in [2.24, 2.45) is 0 Å². The van der Waals surface area contributed by atoms with E-state index in [-0.39, 0.29) is 35.3 Å². The summed E-state index contributed by atoms with van der Waals surface area (Å²) in [6.07, 6.45) is 0. The Morgan fingerprint density at radius 2 is 1.81 bits per heavy atom. The number of piperazine rings is 1. The molecule has 0 spiro atoms. The third-order valence-corrected chi connectivity index (χ3v) is 5.60. The van der Waals surface area contributed by atoms with E-state index in [1.54, 1.807) is 4.90 Å². The number of benzene rings is 2. The summed E-state index contributed by atoms with van der Waals surface area (Å²) < 4.78 is 33.0. The van der Waals surface area contributed by atoms with E-state index in [9.17, 15) is 18.4 Å². The number of amides is 2. The van der Waals surface area contributed by atoms with Gasteiger partial charge in [-0.25, -0.2) is 18.4 Å². The molecule has 7 nitrogen and oxygen atoms in total. The number of urea groups is 1. The zero-order valence-corrected chi connectivity index (χ0v) is 18.3. The minimum Gasteiger partial charge on any atom is -0.465 e. The molecule has 2 amide bonds. The van der Waals surface area contributed by atoms with E-state index in [1.165, 1.54) is 36.3 Å². The maximum Gasteiger partial charge on any atom is 0.337 e. The number of anilines is 1. The average molecular weight is 468 g/mol. The van der Waals surface area contributed by atoms with Crippen LogP contribution in [0.3, 0.4) is 0 Å². The number of hydrogen-bond acceptors (Lipinski definition) is 5. The maximum absolute atomic E-state index is 14.7. The van der Waals surface area contributed by atoms with Crippen molar-refractivity contribution >= 4 is 29.3 Å². The molecule has 172 valence electrons. The fourth-order valence-corrected chi connectivity index (χ4v) is 3.66. The van der Waals surface area contributed by atoms with Gasteiger partial charge in [0.15, 0.2) is 0 Å². The molecular formula is C22H24ClF2N3O4. The first-order valence-corrected chi connectivity index (χ1v) is 10.4. The maximum atomic E-state index is 14.7. The van der Waals surface area contributed by atoms with Crippen LogP contribution < -0.4 is 4.90 Å². The lowest BCUT2D eigenvalue weighted by atomic mass is 10.1. The molecule has 0 bridgehead atoms. The number of carbonyl (C=O) groups is 2. The Balaban J connectivity index is 1.87. The van der Waals surface area contributed by atoms with Crippen LogP contribution in [0.1, 0.15) is 15.9 Å². The van der Waals surface area contributed by atoms with Gasteiger partial charge in [0, 0.05) is 44.0 Å². The van der Waals surface area contributed by atoms with Crippen LogP contribution in [0.15, 0.2) is 36.4 Å². The average Bonchev–Trinajstić information content (AvgIpc) is 2.80. The Morgan fingerprint density at radius 3 is 2.41 bits per heavy atom. The van der Waals surface area contributed by atoms with Gasteiger partial charge in [-0.05, 0) is 30.3 Å². The van der Waals surface area contributed by atoms with Crippen molar-refractivity contribution in [2.45, 2.75) is 6.54 Å². The molecule has 0 aromatic heterocycles. The number of rotatable bonds is 6. The van der Waals surface area contributed by atoms with E-state index in [2.05, 4.69) is 4.74 Å². The highest BCUT2D eigenvalue weighted by molar-refractivity contribution is 6.31. The molecule has 2 aromatic rings. The standard InChI is InChI=1S/C22H24ClF2N3O4/c1-32-21(30)15-2-3-16(20(25)12-15)14-28(17-4-5-19(24)18(23)13-17)22(31)27-8-6-26(7-9-27)10-11-29/h2-5,12-13,29H,6-11,14H2,1H3. The molecule has 3 rings (SSSR count). The van der Waals surface area contributed by atoms with Crippen LogP contribution in [0.25, 0.3) is 0 Å². The Morgan fingerprint density at radius 1 is 1.09 bits per heavy atom. The van der Waals surface area contributed by atoms with E-state index in [0.717, 1.165) is 12.1 Å². The third kappa shape index (κ3) is 5.53. The molecular weight excluding hydrogens is 444 g/mol. The summed E-state index contributed by atoms with van der Waals surface area (Å²) in [5, 5.41) is 8.94. The summed E-state index contributed by atoms with van der Waals surface area (Å²) in [6.45, 7) is 2.44. The van der Waals surface area contributed by atoms with Gasteiger partial charge in [-0.2, -0.15) is 0 Å². The zero-order valence-electron chi connectivity index (χ0n) is 17.6. The molecule has 10 heteroatoms.